The van der Waals surface area contributed by atoms with Crippen molar-refractivity contribution in [2.75, 3.05) is 32.6 Å². The number of hydrogen-bond donors (Lipinski definition) is 7. The number of nitrogens with zero attached hydrogens (tertiary/aromatic N) is 9. The number of hydrogen-bond acceptors (Lipinski definition) is 15. The number of terminal acetylenes is 1. The predicted molar refractivity (Wildman–Crippen MR) is 541 cm³/mol. The van der Waals surface area contributed by atoms with E-state index >= 15 is 0 Å². The van der Waals surface area contributed by atoms with E-state index < -0.39 is 10.0 Å². The summed E-state index contributed by atoms with van der Waals surface area (Å²) in [4.78, 5) is 32.8. The fourth-order valence-corrected chi connectivity index (χ4v) is 19.8. The minimum absolute atomic E-state index is 0.0628. The van der Waals surface area contributed by atoms with E-state index in [1.807, 2.05) is 45.5 Å². The number of rotatable bonds is 53. The van der Waals surface area contributed by atoms with E-state index in [-0.39, 0.29) is 84.1 Å². The maximum atomic E-state index is 5.88. The third-order valence-electron chi connectivity index (χ3n) is 23.6. The summed E-state index contributed by atoms with van der Waals surface area (Å²) in [6.07, 6.45) is 19.4. The van der Waals surface area contributed by atoms with Crippen LogP contribution in [0.25, 0.3) is 21.0 Å². The molecule has 3 aliphatic rings. The lowest BCUT2D eigenvalue weighted by Crippen LogP contribution is -2.53. The molecule has 4 aromatic carbocycles. The first-order chi connectivity index (χ1) is 58.8. The van der Waals surface area contributed by atoms with Crippen molar-refractivity contribution < 1.29 is 0 Å². The molecule has 2 aliphatic heterocycles. The molecular formula is C107H146N16S. The van der Waals surface area contributed by atoms with Gasteiger partial charge in [-0.15, -0.1) is 43.8 Å². The van der Waals surface area contributed by atoms with Gasteiger partial charge in [-0.3, -0.25) is 30.0 Å². The van der Waals surface area contributed by atoms with Crippen LogP contribution < -0.4 is 37.2 Å². The Morgan fingerprint density at radius 1 is 0.565 bits per heavy atom. The zero-order chi connectivity index (χ0) is 91.0. The second-order valence-corrected chi connectivity index (χ2v) is 39.7. The predicted octanol–water partition coefficient (Wildman–Crippen LogP) is 21.6. The maximum absolute atomic E-state index is 5.88. The zero-order valence-corrected chi connectivity index (χ0v) is 79.0. The SMILES string of the molecule is C#CCC(N=C(C)C(CC(=C)C1CN1)NC(=C)C(NC(=C)C(NC(=C)C(CC(=C)C)N=C(C)C)C1CC(=C)C1CC(C)=NC(CC(=C)C)C(C)=NC(CCC(=C)C)C(=C)NC(C(=C)NC(CC(=C)C)C(=C)NCCc1cn(Cc2ccc(C3=C(c4ccccc4)C(c4ccccc4)=C(c4ccc(CN=C)cc4)S3(C)C)cc2)nn1)C(C)C)C(C)C)C(C)=NC. The van der Waals surface area contributed by atoms with Crippen molar-refractivity contribution in [3.63, 3.8) is 0 Å². The highest BCUT2D eigenvalue weighted by Gasteiger charge is 2.44. The molecule has 1 aromatic heterocycles. The van der Waals surface area contributed by atoms with Gasteiger partial charge >= 0.3 is 0 Å². The van der Waals surface area contributed by atoms with Crippen molar-refractivity contribution in [1.82, 2.24) is 52.2 Å². The van der Waals surface area contributed by atoms with E-state index in [9.17, 15) is 0 Å². The molecule has 1 saturated carbocycles. The van der Waals surface area contributed by atoms with Gasteiger partial charge in [-0.25, -0.2) is 4.68 Å². The topological polar surface area (TPSA) is 199 Å². The summed E-state index contributed by atoms with van der Waals surface area (Å²) in [6.45, 7) is 90.7. The Morgan fingerprint density at radius 2 is 1.09 bits per heavy atom. The largest absolute Gasteiger partial charge is 0.387 e. The van der Waals surface area contributed by atoms with Gasteiger partial charge < -0.3 is 37.2 Å². The number of benzene rings is 4. The van der Waals surface area contributed by atoms with Crippen LogP contribution >= 0.6 is 10.0 Å². The van der Waals surface area contributed by atoms with Gasteiger partial charge in [0, 0.05) is 129 Å². The Bertz CT molecular complexity index is 4990. The minimum atomic E-state index is -1.57. The molecule has 12 unspecified atom stereocenters. The van der Waals surface area contributed by atoms with Gasteiger partial charge in [-0.2, -0.15) is 10.0 Å². The maximum Gasteiger partial charge on any atom is 0.0981 e. The summed E-state index contributed by atoms with van der Waals surface area (Å²) < 4.78 is 1.93. The van der Waals surface area contributed by atoms with Crippen LogP contribution in [0.5, 0.6) is 0 Å². The van der Waals surface area contributed by atoms with Crippen LogP contribution in [-0.4, -0.2) is 143 Å². The molecule has 0 bridgehead atoms. The fourth-order valence-electron chi connectivity index (χ4n) is 16.7. The number of allylic oxidation sites excluding steroid dienone is 4. The summed E-state index contributed by atoms with van der Waals surface area (Å²) in [7, 11) is 0.213. The molecule has 124 heavy (non-hydrogen) atoms. The van der Waals surface area contributed by atoms with E-state index in [0.717, 1.165) is 127 Å². The number of nitrogens with one attached hydrogen (secondary N) is 7. The Hall–Kier alpha value is -10.9. The highest BCUT2D eigenvalue weighted by atomic mass is 32.3. The van der Waals surface area contributed by atoms with Crippen LogP contribution in [0.1, 0.15) is 194 Å². The first-order valence-corrected chi connectivity index (χ1v) is 46.5. The summed E-state index contributed by atoms with van der Waals surface area (Å²) in [5.74, 6) is 3.16. The normalized spacial score (nSPS) is 18.3. The molecule has 0 spiro atoms. The van der Waals surface area contributed by atoms with Gasteiger partial charge in [-0.1, -0.05) is 228 Å². The smallest absolute Gasteiger partial charge is 0.0981 e. The lowest BCUT2D eigenvalue weighted by Gasteiger charge is -2.46. The molecule has 660 valence electrons. The van der Waals surface area contributed by atoms with E-state index in [1.54, 1.807) is 7.05 Å². The van der Waals surface area contributed by atoms with Gasteiger partial charge in [0.15, 0.2) is 0 Å². The van der Waals surface area contributed by atoms with E-state index in [0.29, 0.717) is 71.0 Å². The summed E-state index contributed by atoms with van der Waals surface area (Å²) in [6, 6.07) is 37.8. The molecule has 17 heteroatoms. The number of aromatic nitrogens is 3. The Morgan fingerprint density at radius 3 is 1.59 bits per heavy atom. The highest BCUT2D eigenvalue weighted by molar-refractivity contribution is 8.47. The van der Waals surface area contributed by atoms with Gasteiger partial charge in [0.1, 0.15) is 0 Å². The lowest BCUT2D eigenvalue weighted by atomic mass is 9.63. The molecule has 0 amide bonds. The Kier molecular flexibility index (Phi) is 36.7. The minimum Gasteiger partial charge on any atom is -0.387 e. The Balaban J connectivity index is 0.950. The second kappa shape index (κ2) is 46.2. The van der Waals surface area contributed by atoms with Crippen LogP contribution in [0.3, 0.4) is 0 Å². The monoisotopic (exact) mass is 1690 g/mol. The van der Waals surface area contributed by atoms with Crippen LogP contribution in [0, 0.1) is 36.0 Å². The molecule has 16 nitrogen and oxygen atoms in total. The van der Waals surface area contributed by atoms with Crippen molar-refractivity contribution in [3.05, 3.63) is 301 Å². The number of aliphatic imine (C=N–C) groups is 6. The average Bonchev–Trinajstić information content (AvgIpc) is 1.56. The molecule has 7 N–H and O–H groups in total. The van der Waals surface area contributed by atoms with Crippen LogP contribution in [0.2, 0.25) is 0 Å². The first-order valence-electron chi connectivity index (χ1n) is 44.0. The summed E-state index contributed by atoms with van der Waals surface area (Å²) >= 11 is 0. The molecule has 2 fully saturated rings. The summed E-state index contributed by atoms with van der Waals surface area (Å²) in [5.41, 5.74) is 26.5. The van der Waals surface area contributed by atoms with Crippen molar-refractivity contribution in [1.29, 1.82) is 0 Å². The molecule has 5 aromatic rings. The highest BCUT2D eigenvalue weighted by Crippen LogP contribution is 2.74. The van der Waals surface area contributed by atoms with Gasteiger partial charge in [0.25, 0.3) is 0 Å². The average molecular weight is 1690 g/mol. The third-order valence-corrected chi connectivity index (χ3v) is 26.6. The molecule has 8 rings (SSSR count). The molecular weight excluding hydrogens is 1540 g/mol. The van der Waals surface area contributed by atoms with Gasteiger partial charge in [0.2, 0.25) is 0 Å². The zero-order valence-electron chi connectivity index (χ0n) is 78.2. The molecule has 1 aliphatic carbocycles. The van der Waals surface area contributed by atoms with E-state index in [2.05, 4.69) is 300 Å². The molecule has 0 radical (unpaired) electrons. The van der Waals surface area contributed by atoms with E-state index in [4.69, 9.17) is 59.3 Å². The third kappa shape index (κ3) is 27.8. The van der Waals surface area contributed by atoms with Crippen molar-refractivity contribution in [2.45, 2.75) is 235 Å². The first kappa shape index (κ1) is 98.5. The standard InChI is InChI=1S/C107H146N16S/c1-32-39-94(76(19)109-29)114-80(23)99(60-74(17)100-63-111-100)117-83(26)104(71(12)13)120-84(27)105(119-81(24)97(57-68(6)7)112-72(14)15)93-59-73(16)92(93)61-75(18)113-98(58-69(8)9)79(22)115-95(53-44-66(2)3)78(21)118-103(70(10)11)82(25)116-96(56-67(4)5)77(20)110-55-54-91-65-123(122-121-91)64-86-47-51-90(52-48-86)107-102(88-42-37-34-38-43-88)101(87-40-35-33-36-41-87)106(124(107,30)31)89-49-45-85(46-50-89)62-108-28/h1,33-38,40-43,45-52,65,70-71,92-100,103-105,110-111,116-120H,2,4,6,8,16-17,20-21,24-28,39,44,53-64H2,3,5,7,9-15,18-19,22-23,29-31H3. The van der Waals surface area contributed by atoms with Crippen LogP contribution in [0.4, 0.5) is 0 Å². The fraction of sp³-hybridized carbons (Fsp3) is 0.421. The van der Waals surface area contributed by atoms with Gasteiger partial charge in [-0.05, 0) is 197 Å². The second-order valence-electron chi connectivity index (χ2n) is 36.2. The molecule has 1 saturated heterocycles. The van der Waals surface area contributed by atoms with Crippen molar-refractivity contribution in [3.8, 4) is 12.3 Å². The van der Waals surface area contributed by atoms with E-state index in [1.165, 1.54) is 48.8 Å². The lowest BCUT2D eigenvalue weighted by molar-refractivity contribution is 0.224. The van der Waals surface area contributed by atoms with Crippen molar-refractivity contribution >= 4 is 66.3 Å². The molecule has 12 atom stereocenters. The quantitative estimate of drug-likeness (QED) is 0.00857. The van der Waals surface area contributed by atoms with Gasteiger partial charge in [0.05, 0.1) is 73.2 Å². The Labute approximate surface area is 748 Å². The van der Waals surface area contributed by atoms with Crippen LogP contribution in [-0.2, 0) is 19.5 Å². The summed E-state index contributed by atoms with van der Waals surface area (Å²) in [5, 5.41) is 35.7. The van der Waals surface area contributed by atoms with Crippen LogP contribution in [0.15, 0.2) is 292 Å². The van der Waals surface area contributed by atoms with Crippen molar-refractivity contribution in [2.24, 2.45) is 53.6 Å². The molecule has 3 heterocycles.